The Morgan fingerprint density at radius 3 is 2.41 bits per heavy atom. The van der Waals surface area contributed by atoms with Gasteiger partial charge < -0.3 is 20.1 Å². The molecule has 4 rings (SSSR count). The van der Waals surface area contributed by atoms with E-state index in [1.54, 1.807) is 17.8 Å². The summed E-state index contributed by atoms with van der Waals surface area (Å²) >= 11 is 1.80. The van der Waals surface area contributed by atoms with Gasteiger partial charge in [-0.1, -0.05) is 13.8 Å². The number of H-pyrrole nitrogens is 1. The van der Waals surface area contributed by atoms with E-state index in [1.165, 1.54) is 25.3 Å². The van der Waals surface area contributed by atoms with Crippen LogP contribution >= 0.6 is 11.8 Å². The summed E-state index contributed by atoms with van der Waals surface area (Å²) in [5.41, 5.74) is -0.0442. The lowest BCUT2D eigenvalue weighted by atomic mass is 9.86. The first kappa shape index (κ1) is 27.9. The molecule has 0 atom stereocenters. The summed E-state index contributed by atoms with van der Waals surface area (Å²) in [5.74, 6) is -1.08. The number of nitrogens with one attached hydrogen (secondary N) is 2. The molecule has 34 heavy (non-hydrogen) atoms. The molecule has 0 amide bonds. The lowest BCUT2D eigenvalue weighted by Gasteiger charge is -2.25. The minimum Gasteiger partial charge on any atom is -0.493 e. The van der Waals surface area contributed by atoms with Gasteiger partial charge in [-0.2, -0.15) is 24.9 Å². The number of halogens is 4. The lowest BCUT2D eigenvalue weighted by Crippen LogP contribution is -2.29. The Labute approximate surface area is 198 Å². The molecule has 3 N–H and O–H groups in total. The number of aromatic amines is 1. The highest BCUT2D eigenvalue weighted by Crippen LogP contribution is 2.29. The van der Waals surface area contributed by atoms with Gasteiger partial charge >= 0.3 is 12.1 Å². The molecule has 1 aliphatic heterocycles. The lowest BCUT2D eigenvalue weighted by molar-refractivity contribution is -0.192. The second-order valence-corrected chi connectivity index (χ2v) is 9.27. The molecule has 2 fully saturated rings. The number of carboxylic acids is 1. The molecular formula is C22H29F4N3O4S. The number of aliphatic carboxylic acids is 1. The van der Waals surface area contributed by atoms with E-state index < -0.39 is 23.5 Å². The monoisotopic (exact) mass is 507 g/mol. The predicted molar refractivity (Wildman–Crippen MR) is 123 cm³/mol. The molecule has 1 saturated carbocycles. The summed E-state index contributed by atoms with van der Waals surface area (Å²) in [7, 11) is 0. The molecule has 2 heterocycles. The number of benzene rings is 1. The number of fused-ring (bicyclic) bond motifs is 1. The van der Waals surface area contributed by atoms with Crippen molar-refractivity contribution in [2.75, 3.05) is 19.7 Å². The van der Waals surface area contributed by atoms with Crippen LogP contribution in [0.4, 0.5) is 17.6 Å². The number of aromatic nitrogens is 2. The zero-order valence-corrected chi connectivity index (χ0v) is 18.5. The Balaban J connectivity index is 0.000000449. The van der Waals surface area contributed by atoms with E-state index in [9.17, 15) is 22.4 Å². The van der Waals surface area contributed by atoms with E-state index in [1.807, 2.05) is 0 Å². The van der Waals surface area contributed by atoms with Crippen molar-refractivity contribution < 1.29 is 32.2 Å². The predicted octanol–water partition coefficient (Wildman–Crippen LogP) is 4.50. The van der Waals surface area contributed by atoms with Gasteiger partial charge in [0, 0.05) is 17.4 Å². The smallest absolute Gasteiger partial charge is 0.490 e. The van der Waals surface area contributed by atoms with Crippen LogP contribution in [0, 0.1) is 11.7 Å². The normalized spacial score (nSPS) is 16.7. The molecule has 1 aromatic carbocycles. The molecule has 1 aromatic heterocycles. The molecular weight excluding hydrogens is 478 g/mol. The van der Waals surface area contributed by atoms with Gasteiger partial charge in [0.25, 0.3) is 5.56 Å². The average Bonchev–Trinajstić information content (AvgIpc) is 2.71. The molecule has 1 aliphatic carbocycles. The van der Waals surface area contributed by atoms with E-state index in [0.29, 0.717) is 40.6 Å². The Kier molecular flexibility index (Phi) is 10.2. The van der Waals surface area contributed by atoms with E-state index in [2.05, 4.69) is 15.3 Å². The van der Waals surface area contributed by atoms with Gasteiger partial charge in [0.1, 0.15) is 22.8 Å². The Bertz CT molecular complexity index is 1020. The van der Waals surface area contributed by atoms with E-state index >= 15 is 0 Å². The minimum atomic E-state index is -5.08. The molecule has 0 bridgehead atoms. The first-order valence-electron chi connectivity index (χ1n) is 10.6. The number of carbonyl (C=O) groups is 1. The number of hydrogen-bond donors (Lipinski definition) is 3. The maximum absolute atomic E-state index is 14.4. The fourth-order valence-electron chi connectivity index (χ4n) is 3.43. The van der Waals surface area contributed by atoms with Crippen molar-refractivity contribution in [3.05, 3.63) is 34.1 Å². The zero-order valence-electron chi connectivity index (χ0n) is 17.7. The standard InChI is InChI=1S/C19H24FN3O2S.C2HF3O2.CH4/c20-15-8-13(25-10-12-2-1-3-12)9-16-18(15)19(24)23-17(22-16)11-26-14-4-6-21-7-5-14;3-2(4,5)1(6)7;/h8-9,12,14,21H,1-7,10-11H2,(H,22,23,24);(H,6,7);1H4. The summed E-state index contributed by atoms with van der Waals surface area (Å²) in [4.78, 5) is 28.4. The van der Waals surface area contributed by atoms with Crippen LogP contribution in [0.5, 0.6) is 5.75 Å². The SMILES string of the molecule is C.O=C(O)C(F)(F)F.O=c1[nH]c(CSC2CCNCC2)nc2cc(OCC3CCC3)cc(F)c12. The Morgan fingerprint density at radius 2 is 1.85 bits per heavy atom. The molecule has 0 spiro atoms. The van der Waals surface area contributed by atoms with Gasteiger partial charge in [0.05, 0.1) is 17.9 Å². The van der Waals surface area contributed by atoms with Crippen molar-refractivity contribution >= 4 is 28.6 Å². The summed E-state index contributed by atoms with van der Waals surface area (Å²) in [6.07, 6.45) is 0.750. The molecule has 2 aliphatic rings. The number of thioether (sulfide) groups is 1. The van der Waals surface area contributed by atoms with Gasteiger partial charge in [0.15, 0.2) is 0 Å². The number of alkyl halides is 3. The van der Waals surface area contributed by atoms with Crippen LogP contribution in [0.3, 0.4) is 0 Å². The third-order valence-corrected chi connectivity index (χ3v) is 6.86. The second kappa shape index (κ2) is 12.4. The average molecular weight is 508 g/mol. The maximum Gasteiger partial charge on any atom is 0.490 e. The Hall–Kier alpha value is -2.34. The van der Waals surface area contributed by atoms with Crippen LogP contribution < -0.4 is 15.6 Å². The molecule has 0 unspecified atom stereocenters. The van der Waals surface area contributed by atoms with Crippen molar-refractivity contribution in [1.29, 1.82) is 0 Å². The third kappa shape index (κ3) is 7.86. The number of rotatable bonds is 6. The van der Waals surface area contributed by atoms with E-state index in [-0.39, 0.29) is 12.8 Å². The first-order valence-corrected chi connectivity index (χ1v) is 11.7. The fraction of sp³-hybridized carbons (Fsp3) is 0.591. The van der Waals surface area contributed by atoms with Crippen LogP contribution in [0.15, 0.2) is 16.9 Å². The van der Waals surface area contributed by atoms with Crippen LogP contribution in [0.25, 0.3) is 10.9 Å². The minimum absolute atomic E-state index is 0. The van der Waals surface area contributed by atoms with Gasteiger partial charge in [-0.15, -0.1) is 0 Å². The topological polar surface area (TPSA) is 104 Å². The number of carboxylic acid groups (broad SMARTS) is 1. The van der Waals surface area contributed by atoms with Crippen molar-refractivity contribution in [2.45, 2.75) is 56.7 Å². The van der Waals surface area contributed by atoms with Crippen LogP contribution in [-0.4, -0.2) is 52.2 Å². The van der Waals surface area contributed by atoms with Crippen molar-refractivity contribution in [3.8, 4) is 5.75 Å². The van der Waals surface area contributed by atoms with Crippen molar-refractivity contribution in [2.24, 2.45) is 5.92 Å². The molecule has 1 saturated heterocycles. The summed E-state index contributed by atoms with van der Waals surface area (Å²) in [6, 6.07) is 2.98. The van der Waals surface area contributed by atoms with E-state index in [4.69, 9.17) is 14.6 Å². The second-order valence-electron chi connectivity index (χ2n) is 7.98. The Morgan fingerprint density at radius 1 is 1.21 bits per heavy atom. The maximum atomic E-state index is 14.4. The van der Waals surface area contributed by atoms with E-state index in [0.717, 1.165) is 25.9 Å². The summed E-state index contributed by atoms with van der Waals surface area (Å²) in [5, 5.41) is 11.1. The van der Waals surface area contributed by atoms with Gasteiger partial charge in [-0.25, -0.2) is 14.2 Å². The van der Waals surface area contributed by atoms with Crippen molar-refractivity contribution in [1.82, 2.24) is 15.3 Å². The van der Waals surface area contributed by atoms with Crippen LogP contribution in [-0.2, 0) is 10.5 Å². The van der Waals surface area contributed by atoms with Crippen molar-refractivity contribution in [3.63, 3.8) is 0 Å². The highest BCUT2D eigenvalue weighted by Gasteiger charge is 2.38. The number of nitrogens with zero attached hydrogens (tertiary/aromatic N) is 1. The highest BCUT2D eigenvalue weighted by molar-refractivity contribution is 7.99. The first-order chi connectivity index (χ1) is 15.6. The third-order valence-electron chi connectivity index (χ3n) is 5.48. The molecule has 190 valence electrons. The van der Waals surface area contributed by atoms with Gasteiger partial charge in [0.2, 0.25) is 0 Å². The quantitative estimate of drug-likeness (QED) is 0.495. The van der Waals surface area contributed by atoms with Crippen LogP contribution in [0.2, 0.25) is 0 Å². The highest BCUT2D eigenvalue weighted by atomic mass is 32.2. The molecule has 12 heteroatoms. The number of piperidine rings is 1. The zero-order chi connectivity index (χ0) is 24.0. The largest absolute Gasteiger partial charge is 0.493 e. The molecule has 0 radical (unpaired) electrons. The van der Waals surface area contributed by atoms with Gasteiger partial charge in [-0.3, -0.25) is 4.79 Å². The molecule has 7 nitrogen and oxygen atoms in total. The van der Waals surface area contributed by atoms with Gasteiger partial charge in [-0.05, 0) is 44.7 Å². The number of hydrogen-bond acceptors (Lipinski definition) is 6. The summed E-state index contributed by atoms with van der Waals surface area (Å²) < 4.78 is 51.8. The fourth-order valence-corrected chi connectivity index (χ4v) is 4.53. The summed E-state index contributed by atoms with van der Waals surface area (Å²) in [6.45, 7) is 2.67. The van der Waals surface area contributed by atoms with Crippen LogP contribution in [0.1, 0.15) is 45.4 Å². The number of ether oxygens (including phenoxy) is 1. The molecule has 2 aromatic rings.